The van der Waals surface area contributed by atoms with E-state index in [9.17, 15) is 4.79 Å². The van der Waals surface area contributed by atoms with Crippen molar-refractivity contribution in [1.82, 2.24) is 5.32 Å². The highest BCUT2D eigenvalue weighted by atomic mass is 16.5. The van der Waals surface area contributed by atoms with Crippen molar-refractivity contribution in [2.75, 3.05) is 25.7 Å². The zero-order valence-electron chi connectivity index (χ0n) is 10.4. The van der Waals surface area contributed by atoms with Gasteiger partial charge >= 0.3 is 0 Å². The molecule has 1 aliphatic heterocycles. The quantitative estimate of drug-likeness (QED) is 0.854. The second-order valence-electron chi connectivity index (χ2n) is 4.41. The number of hydrogen-bond acceptors (Lipinski definition) is 3. The van der Waals surface area contributed by atoms with E-state index in [1.165, 1.54) is 0 Å². The lowest BCUT2D eigenvalue weighted by Crippen LogP contribution is -2.39. The molecule has 92 valence electrons. The maximum atomic E-state index is 12.1. The maximum Gasteiger partial charge on any atom is 0.248 e. The van der Waals surface area contributed by atoms with Crippen LogP contribution >= 0.6 is 0 Å². The van der Waals surface area contributed by atoms with E-state index in [4.69, 9.17) is 4.74 Å². The molecule has 0 bridgehead atoms. The van der Waals surface area contributed by atoms with E-state index >= 15 is 0 Å². The first-order chi connectivity index (χ1) is 8.15. The van der Waals surface area contributed by atoms with Gasteiger partial charge in [-0.2, -0.15) is 0 Å². The van der Waals surface area contributed by atoms with Crippen LogP contribution in [0.25, 0.3) is 0 Å². The van der Waals surface area contributed by atoms with E-state index in [0.29, 0.717) is 6.61 Å². The number of carbonyl (C=O) groups excluding carboxylic acids is 1. The van der Waals surface area contributed by atoms with Crippen molar-refractivity contribution in [3.8, 4) is 0 Å². The first-order valence-corrected chi connectivity index (χ1v) is 5.76. The van der Waals surface area contributed by atoms with Crippen LogP contribution in [-0.2, 0) is 9.53 Å². The minimum Gasteiger partial charge on any atom is -0.383 e. The second kappa shape index (κ2) is 4.85. The average molecular weight is 234 g/mol. The first kappa shape index (κ1) is 12.1. The van der Waals surface area contributed by atoms with E-state index in [-0.39, 0.29) is 18.0 Å². The van der Waals surface area contributed by atoms with Crippen molar-refractivity contribution >= 4 is 11.6 Å². The summed E-state index contributed by atoms with van der Waals surface area (Å²) in [7, 11) is 3.47. The van der Waals surface area contributed by atoms with Gasteiger partial charge in [0.05, 0.1) is 6.61 Å². The summed E-state index contributed by atoms with van der Waals surface area (Å²) in [5, 5.41) is 3.30. The zero-order valence-corrected chi connectivity index (χ0v) is 10.4. The number of hydrogen-bond donors (Lipinski definition) is 1. The smallest absolute Gasteiger partial charge is 0.248 e. The Labute approximate surface area is 102 Å². The van der Waals surface area contributed by atoms with Crippen LogP contribution in [0.4, 0.5) is 5.69 Å². The van der Waals surface area contributed by atoms with E-state index in [2.05, 4.69) is 5.32 Å². The van der Waals surface area contributed by atoms with Crippen LogP contribution in [0.2, 0.25) is 0 Å². The Balaban J connectivity index is 2.21. The van der Waals surface area contributed by atoms with Crippen molar-refractivity contribution < 1.29 is 9.53 Å². The third-order valence-corrected chi connectivity index (χ3v) is 3.05. The summed E-state index contributed by atoms with van der Waals surface area (Å²) in [4.78, 5) is 13.8. The number of ether oxygens (including phenoxy) is 1. The third-order valence-electron chi connectivity index (χ3n) is 3.05. The molecule has 1 heterocycles. The van der Waals surface area contributed by atoms with Gasteiger partial charge in [-0.15, -0.1) is 0 Å². The predicted octanol–water partition coefficient (Wildman–Crippen LogP) is 1.33. The Bertz CT molecular complexity index is 420. The highest BCUT2D eigenvalue weighted by Gasteiger charge is 2.35. The molecule has 2 unspecified atom stereocenters. The topological polar surface area (TPSA) is 41.6 Å². The van der Waals surface area contributed by atoms with Crippen molar-refractivity contribution in [3.05, 3.63) is 29.8 Å². The number of carbonyl (C=O) groups is 1. The Morgan fingerprint density at radius 1 is 1.47 bits per heavy atom. The van der Waals surface area contributed by atoms with E-state index < -0.39 is 0 Å². The summed E-state index contributed by atoms with van der Waals surface area (Å²) in [5.41, 5.74) is 2.03. The minimum absolute atomic E-state index is 0.0918. The van der Waals surface area contributed by atoms with Crippen LogP contribution in [0.5, 0.6) is 0 Å². The van der Waals surface area contributed by atoms with Gasteiger partial charge in [-0.05, 0) is 13.0 Å². The molecule has 1 aromatic carbocycles. The summed E-state index contributed by atoms with van der Waals surface area (Å²) in [6, 6.07) is 7.77. The molecule has 0 saturated carbocycles. The monoisotopic (exact) mass is 234 g/mol. The van der Waals surface area contributed by atoms with Gasteiger partial charge in [0.25, 0.3) is 0 Å². The van der Waals surface area contributed by atoms with E-state index in [1.807, 2.05) is 38.2 Å². The molecule has 0 fully saturated rings. The van der Waals surface area contributed by atoms with Gasteiger partial charge in [0.1, 0.15) is 6.04 Å². The maximum absolute atomic E-state index is 12.1. The number of likely N-dealkylation sites (N-methyl/N-ethyl adjacent to an activating group) is 1. The zero-order chi connectivity index (χ0) is 12.4. The molecule has 1 amide bonds. The standard InChI is InChI=1S/C13H18N2O2/c1-9(8-17-3)14-12-10-6-4-5-7-11(10)15(2)13(12)16/h4-7,9,12,14H,8H2,1-3H3. The third kappa shape index (κ3) is 2.18. The fourth-order valence-corrected chi connectivity index (χ4v) is 2.23. The molecular formula is C13H18N2O2. The fraction of sp³-hybridized carbons (Fsp3) is 0.462. The van der Waals surface area contributed by atoms with Crippen molar-refractivity contribution in [1.29, 1.82) is 0 Å². The molecule has 4 nitrogen and oxygen atoms in total. The number of anilines is 1. The van der Waals surface area contributed by atoms with Gasteiger partial charge in [-0.1, -0.05) is 18.2 Å². The van der Waals surface area contributed by atoms with Gasteiger partial charge < -0.3 is 9.64 Å². The molecule has 2 atom stereocenters. The lowest BCUT2D eigenvalue weighted by Gasteiger charge is -2.18. The van der Waals surface area contributed by atoms with Crippen molar-refractivity contribution in [2.24, 2.45) is 0 Å². The molecule has 17 heavy (non-hydrogen) atoms. The Kier molecular flexibility index (Phi) is 3.45. The number of benzene rings is 1. The van der Waals surface area contributed by atoms with Crippen LogP contribution in [0.1, 0.15) is 18.5 Å². The van der Waals surface area contributed by atoms with Crippen LogP contribution in [0.3, 0.4) is 0 Å². The number of para-hydroxylation sites is 1. The van der Waals surface area contributed by atoms with Gasteiger partial charge in [-0.3, -0.25) is 10.1 Å². The van der Waals surface area contributed by atoms with Crippen molar-refractivity contribution in [2.45, 2.75) is 19.0 Å². The summed E-state index contributed by atoms with van der Waals surface area (Å²) in [6.07, 6.45) is 0. The van der Waals surface area contributed by atoms with Crippen LogP contribution in [-0.4, -0.2) is 32.7 Å². The summed E-state index contributed by atoms with van der Waals surface area (Å²) in [6.45, 7) is 2.60. The fourth-order valence-electron chi connectivity index (χ4n) is 2.23. The first-order valence-electron chi connectivity index (χ1n) is 5.76. The summed E-state index contributed by atoms with van der Waals surface area (Å²) < 4.78 is 5.08. The van der Waals surface area contributed by atoms with E-state index in [0.717, 1.165) is 11.3 Å². The SMILES string of the molecule is COCC(C)NC1C(=O)N(C)c2ccccc21. The number of methoxy groups -OCH3 is 1. The van der Waals surface area contributed by atoms with Crippen LogP contribution in [0, 0.1) is 0 Å². The van der Waals surface area contributed by atoms with Gasteiger partial charge in [0.15, 0.2) is 0 Å². The second-order valence-corrected chi connectivity index (χ2v) is 4.41. The van der Waals surface area contributed by atoms with Crippen LogP contribution < -0.4 is 10.2 Å². The van der Waals surface area contributed by atoms with Gasteiger partial charge in [0, 0.05) is 31.5 Å². The van der Waals surface area contributed by atoms with E-state index in [1.54, 1.807) is 12.0 Å². The minimum atomic E-state index is -0.249. The van der Waals surface area contributed by atoms with Crippen LogP contribution in [0.15, 0.2) is 24.3 Å². The highest BCUT2D eigenvalue weighted by molar-refractivity contribution is 6.04. The summed E-state index contributed by atoms with van der Waals surface area (Å²) >= 11 is 0. The molecule has 4 heteroatoms. The lowest BCUT2D eigenvalue weighted by atomic mass is 10.1. The molecule has 0 aromatic heterocycles. The number of nitrogens with zero attached hydrogens (tertiary/aromatic N) is 1. The van der Waals surface area contributed by atoms with Gasteiger partial charge in [0.2, 0.25) is 5.91 Å². The average Bonchev–Trinajstić information content (AvgIpc) is 2.56. The number of amides is 1. The largest absolute Gasteiger partial charge is 0.383 e. The molecule has 0 spiro atoms. The number of nitrogens with one attached hydrogen (secondary N) is 1. The predicted molar refractivity (Wildman–Crippen MR) is 67.1 cm³/mol. The Hall–Kier alpha value is -1.39. The molecule has 1 aliphatic rings. The molecule has 2 rings (SSSR count). The molecular weight excluding hydrogens is 216 g/mol. The molecule has 1 N–H and O–H groups in total. The van der Waals surface area contributed by atoms with Gasteiger partial charge in [-0.25, -0.2) is 0 Å². The number of fused-ring (bicyclic) bond motifs is 1. The molecule has 0 radical (unpaired) electrons. The molecule has 1 aromatic rings. The normalized spacial score (nSPS) is 20.5. The summed E-state index contributed by atoms with van der Waals surface area (Å²) in [5.74, 6) is 0.0918. The highest BCUT2D eigenvalue weighted by Crippen LogP contribution is 2.34. The molecule has 0 saturated heterocycles. The number of rotatable bonds is 4. The molecule has 0 aliphatic carbocycles. The Morgan fingerprint density at radius 3 is 2.88 bits per heavy atom. The van der Waals surface area contributed by atoms with Crippen molar-refractivity contribution in [3.63, 3.8) is 0 Å². The lowest BCUT2D eigenvalue weighted by molar-refractivity contribution is -0.119. The Morgan fingerprint density at radius 2 is 2.18 bits per heavy atom.